The molecule has 1 atom stereocenters. The Morgan fingerprint density at radius 2 is 2.29 bits per heavy atom. The van der Waals surface area contributed by atoms with Gasteiger partial charge in [0.25, 0.3) is 0 Å². The number of nitrogens with one attached hydrogen (secondary N) is 1. The Kier molecular flexibility index (Phi) is 3.35. The zero-order chi connectivity index (χ0) is 12.3. The summed E-state index contributed by atoms with van der Waals surface area (Å²) in [5, 5.41) is 12.3. The average Bonchev–Trinajstić information content (AvgIpc) is 2.28. The number of hydrogen-bond donors (Lipinski definition) is 1. The van der Waals surface area contributed by atoms with E-state index in [4.69, 9.17) is 10.00 Å². The van der Waals surface area contributed by atoms with Crippen molar-refractivity contribution in [1.29, 1.82) is 5.26 Å². The number of rotatable bonds is 2. The first-order valence-electron chi connectivity index (χ1n) is 6.00. The summed E-state index contributed by atoms with van der Waals surface area (Å²) in [5.74, 6) is 0. The van der Waals surface area contributed by atoms with Crippen LogP contribution in [0.25, 0.3) is 0 Å². The largest absolute Gasteiger partial charge is 0.382 e. The van der Waals surface area contributed by atoms with E-state index in [0.29, 0.717) is 11.6 Å². The summed E-state index contributed by atoms with van der Waals surface area (Å²) in [6, 6.07) is 10.2. The van der Waals surface area contributed by atoms with Crippen LogP contribution in [0.2, 0.25) is 0 Å². The van der Waals surface area contributed by atoms with Crippen LogP contribution in [-0.2, 0) is 4.74 Å². The molecule has 0 bridgehead atoms. The van der Waals surface area contributed by atoms with Crippen LogP contribution < -0.4 is 5.32 Å². The van der Waals surface area contributed by atoms with E-state index in [-0.39, 0.29) is 5.60 Å². The van der Waals surface area contributed by atoms with Gasteiger partial charge in [0.2, 0.25) is 0 Å². The van der Waals surface area contributed by atoms with Gasteiger partial charge in [0, 0.05) is 18.3 Å². The maximum atomic E-state index is 8.85. The van der Waals surface area contributed by atoms with E-state index in [1.165, 1.54) is 0 Å². The zero-order valence-corrected chi connectivity index (χ0v) is 10.4. The lowest BCUT2D eigenvalue weighted by molar-refractivity contribution is -0.0553. The van der Waals surface area contributed by atoms with Crippen LogP contribution in [0.15, 0.2) is 24.3 Å². The Balaban J connectivity index is 2.03. The number of benzene rings is 1. The van der Waals surface area contributed by atoms with Crippen LogP contribution in [-0.4, -0.2) is 18.2 Å². The Hall–Kier alpha value is -1.53. The summed E-state index contributed by atoms with van der Waals surface area (Å²) >= 11 is 0. The van der Waals surface area contributed by atoms with Crippen molar-refractivity contribution in [2.24, 2.45) is 0 Å². The van der Waals surface area contributed by atoms with Crippen molar-refractivity contribution >= 4 is 5.69 Å². The topological polar surface area (TPSA) is 45.0 Å². The normalized spacial score (nSPS) is 22.8. The molecule has 1 heterocycles. The minimum Gasteiger partial charge on any atom is -0.382 e. The lowest BCUT2D eigenvalue weighted by Gasteiger charge is -2.36. The van der Waals surface area contributed by atoms with Crippen molar-refractivity contribution in [2.75, 3.05) is 11.9 Å². The standard InChI is InChI=1S/C14H18N2O/c1-14(2)9-13(6-7-17-14)16-12-5-3-4-11(8-12)10-15/h3-5,8,13,16H,6-7,9H2,1-2H3. The summed E-state index contributed by atoms with van der Waals surface area (Å²) in [6.45, 7) is 5.03. The van der Waals surface area contributed by atoms with Crippen LogP contribution in [0.3, 0.4) is 0 Å². The van der Waals surface area contributed by atoms with Gasteiger partial charge in [0.15, 0.2) is 0 Å². The predicted octanol–water partition coefficient (Wildman–Crippen LogP) is 2.93. The molecule has 1 saturated heterocycles. The third-order valence-electron chi connectivity index (χ3n) is 3.06. The first kappa shape index (κ1) is 11.9. The molecule has 0 amide bonds. The summed E-state index contributed by atoms with van der Waals surface area (Å²) in [7, 11) is 0. The van der Waals surface area contributed by atoms with Gasteiger partial charge in [-0.15, -0.1) is 0 Å². The van der Waals surface area contributed by atoms with E-state index in [9.17, 15) is 0 Å². The Morgan fingerprint density at radius 3 is 3.00 bits per heavy atom. The van der Waals surface area contributed by atoms with Crippen molar-refractivity contribution in [2.45, 2.75) is 38.3 Å². The highest BCUT2D eigenvalue weighted by atomic mass is 16.5. The van der Waals surface area contributed by atoms with Gasteiger partial charge in [-0.25, -0.2) is 0 Å². The quantitative estimate of drug-likeness (QED) is 0.849. The molecule has 0 spiro atoms. The predicted molar refractivity (Wildman–Crippen MR) is 67.8 cm³/mol. The second kappa shape index (κ2) is 4.77. The highest BCUT2D eigenvalue weighted by Gasteiger charge is 2.28. The van der Waals surface area contributed by atoms with Gasteiger partial charge in [-0.05, 0) is 44.9 Å². The van der Waals surface area contributed by atoms with Crippen LogP contribution >= 0.6 is 0 Å². The van der Waals surface area contributed by atoms with Gasteiger partial charge in [0.05, 0.1) is 17.2 Å². The van der Waals surface area contributed by atoms with E-state index < -0.39 is 0 Å². The molecule has 1 fully saturated rings. The van der Waals surface area contributed by atoms with Gasteiger partial charge in [-0.2, -0.15) is 5.26 Å². The Bertz CT molecular complexity index is 434. The molecule has 3 nitrogen and oxygen atoms in total. The molecule has 17 heavy (non-hydrogen) atoms. The smallest absolute Gasteiger partial charge is 0.0992 e. The summed E-state index contributed by atoms with van der Waals surface area (Å²) in [6.07, 6.45) is 2.00. The second-order valence-electron chi connectivity index (χ2n) is 5.13. The second-order valence-corrected chi connectivity index (χ2v) is 5.13. The van der Waals surface area contributed by atoms with Gasteiger partial charge in [-0.3, -0.25) is 0 Å². The highest BCUT2D eigenvalue weighted by Crippen LogP contribution is 2.26. The Morgan fingerprint density at radius 1 is 1.47 bits per heavy atom. The van der Waals surface area contributed by atoms with Gasteiger partial charge in [-0.1, -0.05) is 6.07 Å². The molecule has 1 aromatic rings. The summed E-state index contributed by atoms with van der Waals surface area (Å²) < 4.78 is 5.69. The Labute approximate surface area is 102 Å². The molecule has 0 aliphatic carbocycles. The van der Waals surface area contributed by atoms with E-state index in [1.54, 1.807) is 0 Å². The molecule has 3 heteroatoms. The van der Waals surface area contributed by atoms with E-state index in [2.05, 4.69) is 25.2 Å². The number of nitrogens with zero attached hydrogens (tertiary/aromatic N) is 1. The van der Waals surface area contributed by atoms with Crippen LogP contribution in [0, 0.1) is 11.3 Å². The third kappa shape index (κ3) is 3.21. The lowest BCUT2D eigenvalue weighted by Crippen LogP contribution is -2.40. The maximum absolute atomic E-state index is 8.85. The molecule has 90 valence electrons. The molecule has 1 N–H and O–H groups in total. The zero-order valence-electron chi connectivity index (χ0n) is 10.4. The monoisotopic (exact) mass is 230 g/mol. The number of anilines is 1. The molecule has 0 saturated carbocycles. The van der Waals surface area contributed by atoms with E-state index in [0.717, 1.165) is 25.1 Å². The molecular formula is C14H18N2O. The van der Waals surface area contributed by atoms with E-state index >= 15 is 0 Å². The van der Waals surface area contributed by atoms with Gasteiger partial charge in [0.1, 0.15) is 0 Å². The average molecular weight is 230 g/mol. The summed E-state index contributed by atoms with van der Waals surface area (Å²) in [5.41, 5.74) is 1.66. The highest BCUT2D eigenvalue weighted by molar-refractivity contribution is 5.49. The molecule has 2 rings (SSSR count). The minimum atomic E-state index is -0.0528. The van der Waals surface area contributed by atoms with Crippen molar-refractivity contribution in [3.05, 3.63) is 29.8 Å². The SMILES string of the molecule is CC1(C)CC(Nc2cccc(C#N)c2)CCO1. The van der Waals surface area contributed by atoms with Gasteiger partial charge >= 0.3 is 0 Å². The first-order chi connectivity index (χ1) is 8.09. The molecule has 1 aliphatic rings. The van der Waals surface area contributed by atoms with Crippen LogP contribution in [0.4, 0.5) is 5.69 Å². The fourth-order valence-corrected chi connectivity index (χ4v) is 2.27. The van der Waals surface area contributed by atoms with Crippen LogP contribution in [0.5, 0.6) is 0 Å². The number of hydrogen-bond acceptors (Lipinski definition) is 3. The van der Waals surface area contributed by atoms with Gasteiger partial charge < -0.3 is 10.1 Å². The minimum absolute atomic E-state index is 0.0528. The van der Waals surface area contributed by atoms with Crippen molar-refractivity contribution in [3.63, 3.8) is 0 Å². The fraction of sp³-hybridized carbons (Fsp3) is 0.500. The third-order valence-corrected chi connectivity index (χ3v) is 3.06. The van der Waals surface area contributed by atoms with Crippen LogP contribution in [0.1, 0.15) is 32.3 Å². The van der Waals surface area contributed by atoms with Crippen molar-refractivity contribution < 1.29 is 4.74 Å². The molecule has 0 aromatic heterocycles. The van der Waals surface area contributed by atoms with E-state index in [1.807, 2.05) is 24.3 Å². The maximum Gasteiger partial charge on any atom is 0.0992 e. The fourth-order valence-electron chi connectivity index (χ4n) is 2.27. The number of ether oxygens (including phenoxy) is 1. The lowest BCUT2D eigenvalue weighted by atomic mass is 9.94. The number of nitriles is 1. The molecular weight excluding hydrogens is 212 g/mol. The molecule has 1 unspecified atom stereocenters. The van der Waals surface area contributed by atoms with Crippen molar-refractivity contribution in [1.82, 2.24) is 0 Å². The molecule has 1 aromatic carbocycles. The molecule has 0 radical (unpaired) electrons. The molecule has 1 aliphatic heterocycles. The summed E-state index contributed by atoms with van der Waals surface area (Å²) in [4.78, 5) is 0. The van der Waals surface area contributed by atoms with Crippen molar-refractivity contribution in [3.8, 4) is 6.07 Å². The first-order valence-corrected chi connectivity index (χ1v) is 6.00.